The zero-order chi connectivity index (χ0) is 21.8. The van der Waals surface area contributed by atoms with Crippen molar-refractivity contribution in [2.45, 2.75) is 92.0 Å². The van der Waals surface area contributed by atoms with Gasteiger partial charge in [0.2, 0.25) is 5.91 Å². The summed E-state index contributed by atoms with van der Waals surface area (Å²) in [6.45, 7) is 17.0. The third-order valence-electron chi connectivity index (χ3n) is 10.3. The van der Waals surface area contributed by atoms with Crippen LogP contribution >= 0.6 is 0 Å². The smallest absolute Gasteiger partial charge is 0.246 e. The molecule has 1 aliphatic heterocycles. The Morgan fingerprint density at radius 1 is 1.13 bits per heavy atom. The Hall–Kier alpha value is -1.05. The Balaban J connectivity index is 1.56. The van der Waals surface area contributed by atoms with Crippen LogP contribution < -0.4 is 0 Å². The molecule has 3 aliphatic carbocycles. The number of nitrogens with zero attached hydrogens (tertiary/aromatic N) is 1. The van der Waals surface area contributed by atoms with Crippen molar-refractivity contribution in [3.8, 4) is 0 Å². The summed E-state index contributed by atoms with van der Waals surface area (Å²) >= 11 is 0. The molecule has 2 heteroatoms. The monoisotopic (exact) mass is 411 g/mol. The topological polar surface area (TPSA) is 20.3 Å². The second kappa shape index (κ2) is 7.82. The molecule has 2 nitrogen and oxygen atoms in total. The molecule has 0 aromatic heterocycles. The van der Waals surface area contributed by atoms with Crippen LogP contribution in [0.25, 0.3) is 0 Å². The Morgan fingerprint density at radius 2 is 1.87 bits per heavy atom. The minimum atomic E-state index is 0.108. The Morgan fingerprint density at radius 3 is 2.57 bits per heavy atom. The first-order chi connectivity index (χ1) is 14.1. The molecule has 0 N–H and O–H groups in total. The standard InChI is InChI=1S/C28H45NO/c1-18(2)9-8-10-19(3)21-11-12-22-26-20(4)17-24-28(6,16-14-25(30)29(24)7)23(26)13-15-27(21,22)5/h14,16,18-19,21-24,26H,4,8-13,15,17H2,1-3,5-7H3/t19?,21-,22?,23?,24-,26?,27-,28-/m1/s1. The maximum Gasteiger partial charge on any atom is 0.246 e. The first-order valence-corrected chi connectivity index (χ1v) is 12.7. The zero-order valence-corrected chi connectivity index (χ0v) is 20.4. The van der Waals surface area contributed by atoms with Gasteiger partial charge in [-0.05, 0) is 79.1 Å². The normalized spacial score (nSPS) is 44.1. The van der Waals surface area contributed by atoms with Crippen LogP contribution in [0.2, 0.25) is 0 Å². The quantitative estimate of drug-likeness (QED) is 0.452. The van der Waals surface area contributed by atoms with Crippen molar-refractivity contribution in [1.29, 1.82) is 0 Å². The van der Waals surface area contributed by atoms with E-state index in [1.807, 2.05) is 18.0 Å². The molecule has 4 unspecified atom stereocenters. The molecular weight excluding hydrogens is 366 g/mol. The molecule has 30 heavy (non-hydrogen) atoms. The molecule has 0 spiro atoms. The van der Waals surface area contributed by atoms with E-state index in [9.17, 15) is 4.79 Å². The fourth-order valence-electron chi connectivity index (χ4n) is 8.59. The van der Waals surface area contributed by atoms with Crippen molar-refractivity contribution in [3.05, 3.63) is 24.3 Å². The van der Waals surface area contributed by atoms with Crippen molar-refractivity contribution >= 4 is 5.91 Å². The Labute approximate surface area is 185 Å². The van der Waals surface area contributed by atoms with Gasteiger partial charge in [-0.3, -0.25) is 4.79 Å². The minimum absolute atomic E-state index is 0.108. The van der Waals surface area contributed by atoms with Gasteiger partial charge in [0, 0.05) is 18.5 Å². The van der Waals surface area contributed by atoms with Gasteiger partial charge in [0.25, 0.3) is 0 Å². The summed E-state index contributed by atoms with van der Waals surface area (Å²) < 4.78 is 0. The summed E-state index contributed by atoms with van der Waals surface area (Å²) in [5.74, 6) is 4.78. The maximum absolute atomic E-state index is 12.3. The Bertz CT molecular complexity index is 722. The lowest BCUT2D eigenvalue weighted by atomic mass is 9.46. The minimum Gasteiger partial charge on any atom is -0.338 e. The second-order valence-electron chi connectivity index (χ2n) is 12.3. The second-order valence-corrected chi connectivity index (χ2v) is 12.3. The van der Waals surface area contributed by atoms with E-state index in [2.05, 4.69) is 47.3 Å². The van der Waals surface area contributed by atoms with Gasteiger partial charge < -0.3 is 4.90 Å². The molecule has 3 saturated carbocycles. The van der Waals surface area contributed by atoms with Crippen LogP contribution in [0.5, 0.6) is 0 Å². The summed E-state index contributed by atoms with van der Waals surface area (Å²) in [4.78, 5) is 14.4. The van der Waals surface area contributed by atoms with E-state index in [4.69, 9.17) is 0 Å². The van der Waals surface area contributed by atoms with E-state index in [-0.39, 0.29) is 11.3 Å². The Kier molecular flexibility index (Phi) is 5.78. The highest BCUT2D eigenvalue weighted by Crippen LogP contribution is 2.67. The predicted molar refractivity (Wildman–Crippen MR) is 126 cm³/mol. The summed E-state index contributed by atoms with van der Waals surface area (Å²) in [5, 5.41) is 0. The number of fused-ring (bicyclic) bond motifs is 5. The number of carbonyl (C=O) groups excluding carboxylic acids is 1. The average Bonchev–Trinajstić information content (AvgIpc) is 3.03. The summed E-state index contributed by atoms with van der Waals surface area (Å²) in [5.41, 5.74) is 2.03. The summed E-state index contributed by atoms with van der Waals surface area (Å²) in [7, 11) is 2.00. The van der Waals surface area contributed by atoms with Crippen LogP contribution in [-0.4, -0.2) is 23.9 Å². The van der Waals surface area contributed by atoms with E-state index in [0.717, 1.165) is 30.1 Å². The van der Waals surface area contributed by atoms with Gasteiger partial charge >= 0.3 is 0 Å². The van der Waals surface area contributed by atoms with E-state index in [0.29, 0.717) is 23.3 Å². The maximum atomic E-state index is 12.3. The molecule has 0 bridgehead atoms. The lowest BCUT2D eigenvalue weighted by Gasteiger charge is -2.61. The fraction of sp³-hybridized carbons (Fsp3) is 0.821. The molecule has 4 rings (SSSR count). The predicted octanol–water partition coefficient (Wildman–Crippen LogP) is 6.87. The molecule has 0 aromatic rings. The highest BCUT2D eigenvalue weighted by molar-refractivity contribution is 5.89. The van der Waals surface area contributed by atoms with E-state index < -0.39 is 0 Å². The van der Waals surface area contributed by atoms with Crippen LogP contribution in [0.15, 0.2) is 24.3 Å². The molecule has 1 heterocycles. The van der Waals surface area contributed by atoms with Crippen LogP contribution in [0.1, 0.15) is 86.0 Å². The molecule has 4 aliphatic rings. The third-order valence-corrected chi connectivity index (χ3v) is 10.3. The van der Waals surface area contributed by atoms with Crippen LogP contribution in [0, 0.1) is 46.3 Å². The lowest BCUT2D eigenvalue weighted by Crippen LogP contribution is -2.60. The largest absolute Gasteiger partial charge is 0.338 e. The molecule has 0 aromatic carbocycles. The van der Waals surface area contributed by atoms with Crippen molar-refractivity contribution in [3.63, 3.8) is 0 Å². The van der Waals surface area contributed by atoms with Crippen LogP contribution in [-0.2, 0) is 4.79 Å². The molecule has 168 valence electrons. The lowest BCUT2D eigenvalue weighted by molar-refractivity contribution is -0.135. The van der Waals surface area contributed by atoms with Crippen LogP contribution in [0.4, 0.5) is 0 Å². The molecule has 8 atom stereocenters. The van der Waals surface area contributed by atoms with E-state index >= 15 is 0 Å². The van der Waals surface area contributed by atoms with Crippen LogP contribution in [0.3, 0.4) is 0 Å². The first kappa shape index (κ1) is 22.2. The van der Waals surface area contributed by atoms with Crippen molar-refractivity contribution in [1.82, 2.24) is 4.90 Å². The average molecular weight is 412 g/mol. The third kappa shape index (κ3) is 3.32. The molecule has 3 fully saturated rings. The van der Waals surface area contributed by atoms with Gasteiger partial charge in [0.05, 0.1) is 0 Å². The number of rotatable bonds is 5. The first-order valence-electron chi connectivity index (χ1n) is 12.7. The highest BCUT2D eigenvalue weighted by atomic mass is 16.2. The number of likely N-dealkylation sites (N-methyl/N-ethyl adjacent to an activating group) is 1. The molecular formula is C28H45NO. The van der Waals surface area contributed by atoms with E-state index in [1.54, 1.807) is 0 Å². The van der Waals surface area contributed by atoms with Gasteiger partial charge in [-0.15, -0.1) is 0 Å². The van der Waals surface area contributed by atoms with Gasteiger partial charge in [-0.2, -0.15) is 0 Å². The zero-order valence-electron chi connectivity index (χ0n) is 20.4. The number of carbonyl (C=O) groups is 1. The SMILES string of the molecule is C=C1C[C@H]2N(C)C(=O)C=C[C@]2(C)C2CC[C@@]3(C)C(CC[C@@H]3C(C)CCCC(C)C)C12. The fourth-order valence-corrected chi connectivity index (χ4v) is 8.59. The van der Waals surface area contributed by atoms with Gasteiger partial charge in [0.1, 0.15) is 0 Å². The van der Waals surface area contributed by atoms with Gasteiger partial charge in [-0.25, -0.2) is 0 Å². The van der Waals surface area contributed by atoms with Crippen molar-refractivity contribution in [2.75, 3.05) is 7.05 Å². The number of hydrogen-bond acceptors (Lipinski definition) is 1. The number of amides is 1. The summed E-state index contributed by atoms with van der Waals surface area (Å²) in [6.07, 6.45) is 14.7. The van der Waals surface area contributed by atoms with Gasteiger partial charge in [-0.1, -0.05) is 72.1 Å². The highest BCUT2D eigenvalue weighted by Gasteiger charge is 2.61. The van der Waals surface area contributed by atoms with E-state index in [1.165, 1.54) is 50.5 Å². The molecule has 1 amide bonds. The molecule has 0 radical (unpaired) electrons. The molecule has 0 saturated heterocycles. The van der Waals surface area contributed by atoms with Crippen molar-refractivity contribution < 1.29 is 4.79 Å². The van der Waals surface area contributed by atoms with Crippen molar-refractivity contribution in [2.24, 2.45) is 46.3 Å². The van der Waals surface area contributed by atoms with Gasteiger partial charge in [0.15, 0.2) is 0 Å². The summed E-state index contributed by atoms with van der Waals surface area (Å²) in [6, 6.07) is 0.292. The number of hydrogen-bond donors (Lipinski definition) is 0.